The standard InChI is InChI=1S/C33H41N3O5S3/c1-3-5-7-8-13-22-36-32(38)27(31(37)35(33(36)42)21-6-4-2)17-11-12-18-29-34(23-14-24-44(39,40)41)28-20-19-25-15-9-10-16-26(25)30(28)43-29/h9-12,15-20H,3-8,13-14,21-24H2,1-2H3,(H,39,40,41)/b12-11+,27-17+,29-18+. The molecule has 2 amide bonds. The Kier molecular flexibility index (Phi) is 12.2. The lowest BCUT2D eigenvalue weighted by Gasteiger charge is -2.36. The zero-order chi connectivity index (χ0) is 31.7. The molecule has 0 spiro atoms. The number of carbonyl (C=O) groups excluding carboxylic acids is 2. The number of anilines is 1. The summed E-state index contributed by atoms with van der Waals surface area (Å²) in [6.45, 7) is 5.57. The van der Waals surface area contributed by atoms with Crippen LogP contribution in [-0.4, -0.2) is 65.1 Å². The molecule has 0 aliphatic carbocycles. The number of amides is 2. The second-order valence-corrected chi connectivity index (χ2v) is 13.9. The molecule has 2 heterocycles. The van der Waals surface area contributed by atoms with Crippen molar-refractivity contribution in [3.63, 3.8) is 0 Å². The zero-order valence-corrected chi connectivity index (χ0v) is 27.9. The maximum absolute atomic E-state index is 13.5. The van der Waals surface area contributed by atoms with Gasteiger partial charge in [-0.2, -0.15) is 8.42 Å². The highest BCUT2D eigenvalue weighted by atomic mass is 32.2. The smallest absolute Gasteiger partial charge is 0.265 e. The van der Waals surface area contributed by atoms with Crippen molar-refractivity contribution >= 4 is 67.5 Å². The van der Waals surface area contributed by atoms with Gasteiger partial charge in [-0.1, -0.05) is 100 Å². The van der Waals surface area contributed by atoms with Gasteiger partial charge in [0.1, 0.15) is 5.57 Å². The van der Waals surface area contributed by atoms with Gasteiger partial charge in [-0.05, 0) is 60.5 Å². The van der Waals surface area contributed by atoms with Crippen LogP contribution in [0.5, 0.6) is 0 Å². The van der Waals surface area contributed by atoms with Crippen LogP contribution in [0.1, 0.15) is 65.2 Å². The number of fused-ring (bicyclic) bond motifs is 3. The average Bonchev–Trinajstić information content (AvgIpc) is 3.35. The molecule has 1 saturated heterocycles. The van der Waals surface area contributed by atoms with Crippen LogP contribution in [0.3, 0.4) is 0 Å². The highest BCUT2D eigenvalue weighted by molar-refractivity contribution is 8.04. The summed E-state index contributed by atoms with van der Waals surface area (Å²) in [7, 11) is -4.07. The Morgan fingerprint density at radius 1 is 0.795 bits per heavy atom. The number of thioether (sulfide) groups is 1. The first kappa shape index (κ1) is 33.9. The van der Waals surface area contributed by atoms with Crippen molar-refractivity contribution in [2.45, 2.75) is 70.1 Å². The van der Waals surface area contributed by atoms with Crippen molar-refractivity contribution in [2.75, 3.05) is 30.3 Å². The Balaban J connectivity index is 1.58. The number of carbonyl (C=O) groups is 2. The molecule has 2 aliphatic heterocycles. The number of unbranched alkanes of at least 4 members (excludes halogenated alkanes) is 5. The van der Waals surface area contributed by atoms with E-state index in [0.29, 0.717) is 24.7 Å². The van der Waals surface area contributed by atoms with Crippen molar-refractivity contribution in [3.8, 4) is 0 Å². The summed E-state index contributed by atoms with van der Waals surface area (Å²) in [6.07, 6.45) is 14.1. The zero-order valence-electron chi connectivity index (χ0n) is 25.4. The third-order valence-electron chi connectivity index (χ3n) is 7.65. The molecule has 1 N–H and O–H groups in total. The van der Waals surface area contributed by atoms with Gasteiger partial charge in [0.15, 0.2) is 5.11 Å². The average molecular weight is 656 g/mol. The fourth-order valence-electron chi connectivity index (χ4n) is 5.31. The van der Waals surface area contributed by atoms with Gasteiger partial charge >= 0.3 is 0 Å². The lowest BCUT2D eigenvalue weighted by Crippen LogP contribution is -2.56. The number of benzene rings is 2. The fourth-order valence-corrected chi connectivity index (χ4v) is 7.38. The summed E-state index contributed by atoms with van der Waals surface area (Å²) in [5.74, 6) is -1.06. The van der Waals surface area contributed by atoms with E-state index in [2.05, 4.69) is 26.0 Å². The normalized spacial score (nSPS) is 17.7. The van der Waals surface area contributed by atoms with E-state index in [-0.39, 0.29) is 29.6 Å². The Morgan fingerprint density at radius 2 is 1.43 bits per heavy atom. The molecule has 2 aromatic rings. The minimum Gasteiger partial charge on any atom is -0.335 e. The molecular formula is C33H41N3O5S3. The Labute approximate surface area is 270 Å². The number of hydrogen-bond acceptors (Lipinski definition) is 7. The lowest BCUT2D eigenvalue weighted by molar-refractivity contribution is -0.133. The van der Waals surface area contributed by atoms with E-state index < -0.39 is 10.1 Å². The van der Waals surface area contributed by atoms with Crippen LogP contribution in [0.15, 0.2) is 76.2 Å². The second-order valence-electron chi connectivity index (χ2n) is 11.0. The van der Waals surface area contributed by atoms with Crippen molar-refractivity contribution in [3.05, 3.63) is 71.3 Å². The van der Waals surface area contributed by atoms with Gasteiger partial charge in [0.05, 0.1) is 16.5 Å². The summed E-state index contributed by atoms with van der Waals surface area (Å²) in [5.41, 5.74) is 1.06. The molecule has 0 unspecified atom stereocenters. The highest BCUT2D eigenvalue weighted by Gasteiger charge is 2.38. The van der Waals surface area contributed by atoms with Gasteiger partial charge in [0, 0.05) is 24.5 Å². The van der Waals surface area contributed by atoms with E-state index >= 15 is 0 Å². The van der Waals surface area contributed by atoms with Crippen LogP contribution in [0.25, 0.3) is 10.8 Å². The number of nitrogens with zero attached hydrogens (tertiary/aromatic N) is 3. The molecule has 0 aromatic heterocycles. The minimum absolute atomic E-state index is 0.0938. The van der Waals surface area contributed by atoms with Crippen LogP contribution < -0.4 is 4.90 Å². The van der Waals surface area contributed by atoms with Gasteiger partial charge in [-0.15, -0.1) is 0 Å². The van der Waals surface area contributed by atoms with E-state index in [4.69, 9.17) is 12.2 Å². The summed E-state index contributed by atoms with van der Waals surface area (Å²) in [6, 6.07) is 12.2. The fraction of sp³-hybridized carbons (Fsp3) is 0.424. The summed E-state index contributed by atoms with van der Waals surface area (Å²) in [5, 5.41) is 3.37. The van der Waals surface area contributed by atoms with Gasteiger partial charge in [0.25, 0.3) is 21.9 Å². The monoisotopic (exact) mass is 655 g/mol. The Morgan fingerprint density at radius 3 is 2.14 bits per heavy atom. The molecule has 4 rings (SSSR count). The Bertz CT molecular complexity index is 1580. The molecule has 1 fully saturated rings. The number of allylic oxidation sites excluding steroid dienone is 4. The first-order valence-corrected chi connectivity index (χ1v) is 18.2. The molecule has 2 aliphatic rings. The lowest BCUT2D eigenvalue weighted by atomic mass is 10.1. The largest absolute Gasteiger partial charge is 0.335 e. The molecular weight excluding hydrogens is 615 g/mol. The van der Waals surface area contributed by atoms with E-state index in [1.807, 2.05) is 35.2 Å². The molecule has 0 atom stereocenters. The topological polar surface area (TPSA) is 98.2 Å². The van der Waals surface area contributed by atoms with Crippen LogP contribution in [0, 0.1) is 0 Å². The molecule has 0 bridgehead atoms. The van der Waals surface area contributed by atoms with Crippen LogP contribution in [0.4, 0.5) is 5.69 Å². The predicted octanol–water partition coefficient (Wildman–Crippen LogP) is 7.08. The molecule has 236 valence electrons. The first-order valence-electron chi connectivity index (χ1n) is 15.3. The SMILES string of the molecule is CCCCCCCN1C(=O)/C(=C/C=C/C=C2/Sc3c(ccc4ccccc34)N2CCCS(=O)(=O)O)C(=O)N(CCCC)C1=S. The predicted molar refractivity (Wildman–Crippen MR) is 183 cm³/mol. The number of hydrogen-bond donors (Lipinski definition) is 1. The van der Waals surface area contributed by atoms with E-state index in [1.165, 1.54) is 0 Å². The molecule has 44 heavy (non-hydrogen) atoms. The van der Waals surface area contributed by atoms with Gasteiger partial charge < -0.3 is 4.90 Å². The van der Waals surface area contributed by atoms with Crippen LogP contribution in [0.2, 0.25) is 0 Å². The van der Waals surface area contributed by atoms with E-state index in [1.54, 1.807) is 39.8 Å². The second kappa shape index (κ2) is 15.8. The molecule has 2 aromatic carbocycles. The minimum atomic E-state index is -4.07. The highest BCUT2D eigenvalue weighted by Crippen LogP contribution is 2.49. The molecule has 11 heteroatoms. The van der Waals surface area contributed by atoms with Crippen LogP contribution in [-0.2, 0) is 19.7 Å². The van der Waals surface area contributed by atoms with Gasteiger partial charge in [0.2, 0.25) is 0 Å². The maximum Gasteiger partial charge on any atom is 0.265 e. The summed E-state index contributed by atoms with van der Waals surface area (Å²) >= 11 is 7.19. The molecule has 8 nitrogen and oxygen atoms in total. The van der Waals surface area contributed by atoms with Crippen molar-refractivity contribution in [1.29, 1.82) is 0 Å². The number of rotatable bonds is 15. The van der Waals surface area contributed by atoms with Crippen molar-refractivity contribution < 1.29 is 22.6 Å². The summed E-state index contributed by atoms with van der Waals surface area (Å²) in [4.78, 5) is 33.1. The Hall–Kier alpha value is -2.99. The third kappa shape index (κ3) is 8.38. The number of thiocarbonyl (C=S) groups is 1. The molecule has 0 saturated carbocycles. The van der Waals surface area contributed by atoms with Gasteiger partial charge in [-0.3, -0.25) is 23.9 Å². The maximum atomic E-state index is 13.5. The van der Waals surface area contributed by atoms with Gasteiger partial charge in [-0.25, -0.2) is 0 Å². The van der Waals surface area contributed by atoms with E-state index in [9.17, 15) is 22.6 Å². The van der Waals surface area contributed by atoms with Crippen LogP contribution >= 0.6 is 24.0 Å². The molecule has 0 radical (unpaired) electrons. The van der Waals surface area contributed by atoms with Crippen molar-refractivity contribution in [2.24, 2.45) is 0 Å². The van der Waals surface area contributed by atoms with E-state index in [0.717, 1.165) is 71.3 Å². The quantitative estimate of drug-likeness (QED) is 0.0715. The van der Waals surface area contributed by atoms with Crippen molar-refractivity contribution in [1.82, 2.24) is 9.80 Å². The summed E-state index contributed by atoms with van der Waals surface area (Å²) < 4.78 is 32.0. The first-order chi connectivity index (χ1) is 21.2. The third-order valence-corrected chi connectivity index (χ3v) is 10.1.